The second kappa shape index (κ2) is 11.8. The summed E-state index contributed by atoms with van der Waals surface area (Å²) in [5, 5.41) is 5.44. The lowest BCUT2D eigenvalue weighted by molar-refractivity contribution is -0.139. The molecule has 1 atom stereocenters. The van der Waals surface area contributed by atoms with Crippen LogP contribution in [0.2, 0.25) is 0 Å². The second-order valence-corrected chi connectivity index (χ2v) is 9.31. The minimum absolute atomic E-state index is 0.101. The van der Waals surface area contributed by atoms with Crippen molar-refractivity contribution in [2.45, 2.75) is 32.7 Å². The van der Waals surface area contributed by atoms with Crippen molar-refractivity contribution in [3.63, 3.8) is 0 Å². The molecular formula is C25H31FN4O4S. The third kappa shape index (κ3) is 5.94. The van der Waals surface area contributed by atoms with Crippen LogP contribution in [-0.4, -0.2) is 72.8 Å². The van der Waals surface area contributed by atoms with Crippen LogP contribution in [0.1, 0.15) is 38.3 Å². The number of morpholine rings is 1. The van der Waals surface area contributed by atoms with Crippen molar-refractivity contribution in [2.24, 2.45) is 4.99 Å². The standard InChI is InChI=1S/C25H31FN4O4S/c1-3-34-24(32)22-17(2)28-25-30(23(22)19-7-4-5-8-20(19)26)18(16-35-25)15-21(31)27-9-6-10-29-11-13-33-14-12-29/h4-5,7-8,16,23H,3,6,9-15H2,1-2H3,(H,27,31)/t23-/m1/s1. The van der Waals surface area contributed by atoms with Gasteiger partial charge in [0.05, 0.1) is 43.6 Å². The van der Waals surface area contributed by atoms with Crippen LogP contribution in [0.4, 0.5) is 4.39 Å². The number of amidine groups is 1. The van der Waals surface area contributed by atoms with Gasteiger partial charge < -0.3 is 19.7 Å². The zero-order valence-electron chi connectivity index (χ0n) is 20.1. The van der Waals surface area contributed by atoms with Gasteiger partial charge in [0, 0.05) is 30.9 Å². The van der Waals surface area contributed by atoms with Gasteiger partial charge in [-0.2, -0.15) is 0 Å². The van der Waals surface area contributed by atoms with Gasteiger partial charge in [-0.1, -0.05) is 30.0 Å². The van der Waals surface area contributed by atoms with Gasteiger partial charge in [-0.3, -0.25) is 9.69 Å². The highest BCUT2D eigenvalue weighted by molar-refractivity contribution is 8.16. The molecule has 8 nitrogen and oxygen atoms in total. The Balaban J connectivity index is 1.47. The van der Waals surface area contributed by atoms with Gasteiger partial charge in [0.1, 0.15) is 5.82 Å². The molecule has 0 saturated carbocycles. The third-order valence-corrected chi connectivity index (χ3v) is 7.00. The van der Waals surface area contributed by atoms with Crippen LogP contribution < -0.4 is 5.32 Å². The number of ether oxygens (including phenoxy) is 2. The molecule has 0 aliphatic carbocycles. The molecule has 188 valence electrons. The molecule has 1 aromatic carbocycles. The largest absolute Gasteiger partial charge is 0.463 e. The molecule has 4 rings (SSSR count). The first-order chi connectivity index (χ1) is 17.0. The third-order valence-electron chi connectivity index (χ3n) is 6.11. The normalized spacial score (nSPS) is 20.3. The van der Waals surface area contributed by atoms with Gasteiger partial charge in [-0.15, -0.1) is 0 Å². The summed E-state index contributed by atoms with van der Waals surface area (Å²) in [6.07, 6.45) is 0.951. The molecule has 1 N–H and O–H groups in total. The zero-order valence-corrected chi connectivity index (χ0v) is 20.9. The van der Waals surface area contributed by atoms with E-state index < -0.39 is 17.8 Å². The number of hydrogen-bond donors (Lipinski definition) is 1. The lowest BCUT2D eigenvalue weighted by atomic mass is 9.93. The molecule has 1 saturated heterocycles. The van der Waals surface area contributed by atoms with Crippen LogP contribution in [-0.2, 0) is 19.1 Å². The first kappa shape index (κ1) is 25.4. The average molecular weight is 503 g/mol. The summed E-state index contributed by atoms with van der Waals surface area (Å²) in [7, 11) is 0. The molecular weight excluding hydrogens is 471 g/mol. The van der Waals surface area contributed by atoms with Crippen LogP contribution >= 0.6 is 11.8 Å². The number of nitrogens with one attached hydrogen (secondary N) is 1. The van der Waals surface area contributed by atoms with E-state index in [1.807, 2.05) is 5.41 Å². The zero-order chi connectivity index (χ0) is 24.8. The van der Waals surface area contributed by atoms with Crippen molar-refractivity contribution in [1.29, 1.82) is 0 Å². The monoisotopic (exact) mass is 502 g/mol. The smallest absolute Gasteiger partial charge is 0.338 e. The minimum Gasteiger partial charge on any atom is -0.463 e. The summed E-state index contributed by atoms with van der Waals surface area (Å²) in [5.41, 5.74) is 1.77. The minimum atomic E-state index is -0.766. The highest BCUT2D eigenvalue weighted by Gasteiger charge is 2.42. The lowest BCUT2D eigenvalue weighted by Crippen LogP contribution is -2.39. The summed E-state index contributed by atoms with van der Waals surface area (Å²) in [6, 6.07) is 5.60. The molecule has 10 heteroatoms. The molecule has 1 amide bonds. The maximum Gasteiger partial charge on any atom is 0.338 e. The Morgan fingerprint density at radius 3 is 2.80 bits per heavy atom. The van der Waals surface area contributed by atoms with Gasteiger partial charge in [0.2, 0.25) is 5.91 Å². The van der Waals surface area contributed by atoms with E-state index in [4.69, 9.17) is 9.47 Å². The highest BCUT2D eigenvalue weighted by atomic mass is 32.2. The molecule has 0 spiro atoms. The molecule has 0 bridgehead atoms. The number of halogens is 1. The molecule has 1 fully saturated rings. The van der Waals surface area contributed by atoms with E-state index in [9.17, 15) is 14.0 Å². The van der Waals surface area contributed by atoms with Gasteiger partial charge in [0.25, 0.3) is 0 Å². The Hall–Kier alpha value is -2.69. The second-order valence-electron chi connectivity index (χ2n) is 8.47. The number of aliphatic imine (C=N–C) groups is 1. The van der Waals surface area contributed by atoms with Crippen molar-refractivity contribution in [3.8, 4) is 0 Å². The lowest BCUT2D eigenvalue weighted by Gasteiger charge is -2.36. The molecule has 3 aliphatic rings. The molecule has 35 heavy (non-hydrogen) atoms. The van der Waals surface area contributed by atoms with Crippen LogP contribution in [0, 0.1) is 5.82 Å². The Morgan fingerprint density at radius 2 is 2.06 bits per heavy atom. The molecule has 0 aromatic heterocycles. The summed E-state index contributed by atoms with van der Waals surface area (Å²) >= 11 is 1.37. The van der Waals surface area contributed by atoms with E-state index in [1.165, 1.54) is 17.8 Å². The number of nitrogens with zero attached hydrogens (tertiary/aromatic N) is 3. The van der Waals surface area contributed by atoms with E-state index in [0.29, 0.717) is 28.7 Å². The van der Waals surface area contributed by atoms with Gasteiger partial charge >= 0.3 is 5.97 Å². The van der Waals surface area contributed by atoms with Gasteiger partial charge in [-0.25, -0.2) is 14.2 Å². The number of carbonyl (C=O) groups is 2. The quantitative estimate of drug-likeness (QED) is 0.410. The van der Waals surface area contributed by atoms with Crippen molar-refractivity contribution in [3.05, 3.63) is 58.0 Å². The van der Waals surface area contributed by atoms with Crippen molar-refractivity contribution >= 4 is 28.8 Å². The van der Waals surface area contributed by atoms with Crippen LogP contribution in [0.5, 0.6) is 0 Å². The maximum absolute atomic E-state index is 15.0. The van der Waals surface area contributed by atoms with Gasteiger partial charge in [-0.05, 0) is 38.3 Å². The first-order valence-electron chi connectivity index (χ1n) is 11.9. The maximum atomic E-state index is 15.0. The highest BCUT2D eigenvalue weighted by Crippen LogP contribution is 2.45. The van der Waals surface area contributed by atoms with E-state index in [1.54, 1.807) is 36.9 Å². The number of thioether (sulfide) groups is 1. The van der Waals surface area contributed by atoms with E-state index in [2.05, 4.69) is 15.2 Å². The van der Waals surface area contributed by atoms with E-state index in [0.717, 1.165) is 39.3 Å². The summed E-state index contributed by atoms with van der Waals surface area (Å²) in [4.78, 5) is 34.4. The van der Waals surface area contributed by atoms with Gasteiger partial charge in [0.15, 0.2) is 5.17 Å². The summed E-state index contributed by atoms with van der Waals surface area (Å²) in [5.74, 6) is -1.10. The van der Waals surface area contributed by atoms with Crippen LogP contribution in [0.25, 0.3) is 0 Å². The average Bonchev–Trinajstić information content (AvgIpc) is 3.24. The van der Waals surface area contributed by atoms with Crippen molar-refractivity contribution in [1.82, 2.24) is 15.1 Å². The fraction of sp³-hybridized carbons (Fsp3) is 0.480. The molecule has 0 unspecified atom stereocenters. The Bertz CT molecular complexity index is 1050. The number of amides is 1. The number of fused-ring (bicyclic) bond motifs is 1. The molecule has 0 radical (unpaired) electrons. The Morgan fingerprint density at radius 1 is 1.29 bits per heavy atom. The fourth-order valence-corrected chi connectivity index (χ4v) is 5.38. The van der Waals surface area contributed by atoms with Crippen LogP contribution in [0.3, 0.4) is 0 Å². The number of carbonyl (C=O) groups excluding carboxylic acids is 2. The Labute approximate surface area is 209 Å². The summed E-state index contributed by atoms with van der Waals surface area (Å²) in [6.45, 7) is 8.47. The molecule has 3 aliphatic heterocycles. The predicted molar refractivity (Wildman–Crippen MR) is 133 cm³/mol. The fourth-order valence-electron chi connectivity index (χ4n) is 4.41. The first-order valence-corrected chi connectivity index (χ1v) is 12.8. The number of benzene rings is 1. The van der Waals surface area contributed by atoms with Crippen molar-refractivity contribution < 1.29 is 23.5 Å². The number of allylic oxidation sites excluding steroid dienone is 1. The predicted octanol–water partition coefficient (Wildman–Crippen LogP) is 3.19. The van der Waals surface area contributed by atoms with E-state index >= 15 is 0 Å². The molecule has 3 heterocycles. The van der Waals surface area contributed by atoms with Crippen molar-refractivity contribution in [2.75, 3.05) is 46.0 Å². The Kier molecular flexibility index (Phi) is 8.59. The SMILES string of the molecule is CCOC(=O)C1=C(C)N=C2SC=C(CC(=O)NCCCN3CCOCC3)N2[C@@H]1c1ccccc1F. The van der Waals surface area contributed by atoms with E-state index in [-0.39, 0.29) is 24.5 Å². The summed E-state index contributed by atoms with van der Waals surface area (Å²) < 4.78 is 25.6. The number of rotatable bonds is 9. The number of hydrogen-bond acceptors (Lipinski definition) is 8. The van der Waals surface area contributed by atoms with Crippen LogP contribution in [0.15, 0.2) is 51.6 Å². The topological polar surface area (TPSA) is 83.5 Å². The molecule has 1 aromatic rings. The number of esters is 1.